The molecule has 31 heavy (non-hydrogen) atoms. The highest BCUT2D eigenvalue weighted by molar-refractivity contribution is 6.42. The summed E-state index contributed by atoms with van der Waals surface area (Å²) in [6.07, 6.45) is 1.63. The Hall–Kier alpha value is -2.83. The second-order valence-corrected chi connectivity index (χ2v) is 8.45. The van der Waals surface area contributed by atoms with E-state index in [0.29, 0.717) is 10.6 Å². The van der Waals surface area contributed by atoms with Crippen LogP contribution in [0.3, 0.4) is 0 Å². The lowest BCUT2D eigenvalue weighted by Gasteiger charge is -2.20. The van der Waals surface area contributed by atoms with Crippen LogP contribution in [0.15, 0.2) is 47.6 Å². The number of nitrogens with one attached hydrogen (secondary N) is 2. The molecule has 162 valence electrons. The normalized spacial score (nSPS) is 12.5. The predicted octanol–water partition coefficient (Wildman–Crippen LogP) is 4.70. The number of halogens is 2. The Labute approximate surface area is 191 Å². The molecule has 0 spiro atoms. The molecule has 2 aromatic carbocycles. The van der Waals surface area contributed by atoms with Crippen LogP contribution in [0.1, 0.15) is 35.5 Å². The van der Waals surface area contributed by atoms with Crippen LogP contribution in [0, 0.1) is 12.8 Å². The maximum atomic E-state index is 12.7. The van der Waals surface area contributed by atoms with Crippen LogP contribution in [-0.2, 0) is 11.8 Å². The van der Waals surface area contributed by atoms with Crippen LogP contribution in [0.2, 0.25) is 10.0 Å². The molecule has 0 aliphatic carbocycles. The van der Waals surface area contributed by atoms with Gasteiger partial charge in [0.1, 0.15) is 6.04 Å². The van der Waals surface area contributed by atoms with E-state index in [9.17, 15) is 9.59 Å². The zero-order valence-electron chi connectivity index (χ0n) is 17.7. The molecule has 6 nitrogen and oxygen atoms in total. The summed E-state index contributed by atoms with van der Waals surface area (Å²) in [5, 5.41) is 8.57. The van der Waals surface area contributed by atoms with Crippen LogP contribution < -0.4 is 10.7 Å². The summed E-state index contributed by atoms with van der Waals surface area (Å²) in [5.74, 6) is -0.972. The lowest BCUT2D eigenvalue weighted by atomic mass is 10.0. The highest BCUT2D eigenvalue weighted by Crippen LogP contribution is 2.24. The van der Waals surface area contributed by atoms with Gasteiger partial charge in [0.2, 0.25) is 0 Å². The van der Waals surface area contributed by atoms with E-state index < -0.39 is 17.9 Å². The van der Waals surface area contributed by atoms with Crippen molar-refractivity contribution in [2.24, 2.45) is 18.1 Å². The van der Waals surface area contributed by atoms with Crippen LogP contribution >= 0.6 is 23.2 Å². The number of hydrogen-bond acceptors (Lipinski definition) is 3. The predicted molar refractivity (Wildman–Crippen MR) is 126 cm³/mol. The highest BCUT2D eigenvalue weighted by atomic mass is 35.5. The summed E-state index contributed by atoms with van der Waals surface area (Å²) in [5.41, 5.74) is 5.92. The molecule has 2 amide bonds. The molecule has 3 rings (SSSR count). The van der Waals surface area contributed by atoms with E-state index in [0.717, 1.165) is 22.2 Å². The Bertz CT molecular complexity index is 1170. The summed E-state index contributed by atoms with van der Waals surface area (Å²) < 4.78 is 2.08. The summed E-state index contributed by atoms with van der Waals surface area (Å²) in [6, 6.07) is 11.8. The molecule has 3 aromatic rings. The van der Waals surface area contributed by atoms with E-state index in [1.54, 1.807) is 18.3 Å². The van der Waals surface area contributed by atoms with Gasteiger partial charge in [-0.2, -0.15) is 5.10 Å². The quantitative estimate of drug-likeness (QED) is 0.414. The number of carbonyl (C=O) groups excluding carboxylic acids is 2. The monoisotopic (exact) mass is 458 g/mol. The van der Waals surface area contributed by atoms with Crippen molar-refractivity contribution in [2.75, 3.05) is 0 Å². The van der Waals surface area contributed by atoms with Crippen molar-refractivity contribution in [3.8, 4) is 0 Å². The van der Waals surface area contributed by atoms with Crippen molar-refractivity contribution < 1.29 is 9.59 Å². The Morgan fingerprint density at radius 3 is 2.48 bits per heavy atom. The Morgan fingerprint density at radius 2 is 1.81 bits per heavy atom. The van der Waals surface area contributed by atoms with Gasteiger partial charge in [0, 0.05) is 34.8 Å². The second kappa shape index (κ2) is 9.54. The Kier molecular flexibility index (Phi) is 7.03. The van der Waals surface area contributed by atoms with Crippen LogP contribution in [0.4, 0.5) is 0 Å². The van der Waals surface area contributed by atoms with Gasteiger partial charge in [-0.1, -0.05) is 55.2 Å². The molecule has 0 fully saturated rings. The average molecular weight is 459 g/mol. The van der Waals surface area contributed by atoms with Gasteiger partial charge in [-0.05, 0) is 37.1 Å². The van der Waals surface area contributed by atoms with Gasteiger partial charge in [0.05, 0.1) is 16.3 Å². The number of rotatable bonds is 6. The number of para-hydroxylation sites is 1. The number of hydrazone groups is 1. The van der Waals surface area contributed by atoms with Crippen molar-refractivity contribution in [1.82, 2.24) is 15.3 Å². The first-order chi connectivity index (χ1) is 14.7. The van der Waals surface area contributed by atoms with E-state index in [4.69, 9.17) is 23.2 Å². The standard InChI is InChI=1S/C23H24Cl2N4O2/c1-13(2)21(27-22(30)15-9-10-18(24)19(25)11-15)23(31)28-26-12-17-14(3)29(4)20-8-6-5-7-16(17)20/h5-13,21H,1-4H3,(H,27,30)(H,28,31). The SMILES string of the molecule is Cc1c(C=NNC(=O)C(NC(=O)c2ccc(Cl)c(Cl)c2)C(C)C)c2ccccc2n1C. The number of aryl methyl sites for hydroxylation is 1. The number of aromatic nitrogens is 1. The van der Waals surface area contributed by atoms with Gasteiger partial charge in [0.15, 0.2) is 0 Å². The molecule has 1 unspecified atom stereocenters. The van der Waals surface area contributed by atoms with Gasteiger partial charge in [-0.3, -0.25) is 9.59 Å². The molecular weight excluding hydrogens is 435 g/mol. The lowest BCUT2D eigenvalue weighted by Crippen LogP contribution is -2.48. The molecule has 0 radical (unpaired) electrons. The average Bonchev–Trinajstić information content (AvgIpc) is 2.98. The van der Waals surface area contributed by atoms with E-state index in [2.05, 4.69) is 20.4 Å². The van der Waals surface area contributed by atoms with Gasteiger partial charge in [-0.25, -0.2) is 5.43 Å². The molecule has 0 saturated heterocycles. The van der Waals surface area contributed by atoms with Gasteiger partial charge in [-0.15, -0.1) is 0 Å². The van der Waals surface area contributed by atoms with Gasteiger partial charge in [0.25, 0.3) is 11.8 Å². The first-order valence-electron chi connectivity index (χ1n) is 9.83. The first kappa shape index (κ1) is 22.8. The maximum absolute atomic E-state index is 12.7. The minimum Gasteiger partial charge on any atom is -0.347 e. The third-order valence-corrected chi connectivity index (χ3v) is 5.97. The smallest absolute Gasteiger partial charge is 0.262 e. The summed E-state index contributed by atoms with van der Waals surface area (Å²) >= 11 is 11.9. The van der Waals surface area contributed by atoms with Crippen molar-refractivity contribution in [3.05, 3.63) is 69.3 Å². The van der Waals surface area contributed by atoms with E-state index in [1.165, 1.54) is 6.07 Å². The topological polar surface area (TPSA) is 75.5 Å². The molecular formula is C23H24Cl2N4O2. The fourth-order valence-electron chi connectivity index (χ4n) is 3.34. The number of fused-ring (bicyclic) bond motifs is 1. The molecule has 8 heteroatoms. The lowest BCUT2D eigenvalue weighted by molar-refractivity contribution is -0.123. The fourth-order valence-corrected chi connectivity index (χ4v) is 3.64. The van der Waals surface area contributed by atoms with Gasteiger partial charge < -0.3 is 9.88 Å². The number of amides is 2. The van der Waals surface area contributed by atoms with Crippen LogP contribution in [0.5, 0.6) is 0 Å². The molecule has 0 bridgehead atoms. The highest BCUT2D eigenvalue weighted by Gasteiger charge is 2.25. The third kappa shape index (κ3) is 4.92. The van der Waals surface area contributed by atoms with E-state index in [1.807, 2.05) is 52.1 Å². The maximum Gasteiger partial charge on any atom is 0.262 e. The number of nitrogens with zero attached hydrogens (tertiary/aromatic N) is 2. The second-order valence-electron chi connectivity index (χ2n) is 7.63. The fraction of sp³-hybridized carbons (Fsp3) is 0.261. The van der Waals surface area contributed by atoms with Gasteiger partial charge >= 0.3 is 0 Å². The Balaban J connectivity index is 1.73. The van der Waals surface area contributed by atoms with Crippen molar-refractivity contribution in [3.63, 3.8) is 0 Å². The molecule has 0 aliphatic rings. The van der Waals surface area contributed by atoms with Crippen molar-refractivity contribution >= 4 is 52.1 Å². The molecule has 0 saturated carbocycles. The van der Waals surface area contributed by atoms with Crippen LogP contribution in [-0.4, -0.2) is 28.6 Å². The zero-order valence-corrected chi connectivity index (χ0v) is 19.3. The zero-order chi connectivity index (χ0) is 22.7. The largest absolute Gasteiger partial charge is 0.347 e. The Morgan fingerprint density at radius 1 is 1.10 bits per heavy atom. The van der Waals surface area contributed by atoms with E-state index in [-0.39, 0.29) is 10.9 Å². The summed E-state index contributed by atoms with van der Waals surface area (Å²) in [6.45, 7) is 5.69. The molecule has 2 N–H and O–H groups in total. The molecule has 1 aromatic heterocycles. The third-order valence-electron chi connectivity index (χ3n) is 5.23. The van der Waals surface area contributed by atoms with Crippen molar-refractivity contribution in [1.29, 1.82) is 0 Å². The molecule has 0 aliphatic heterocycles. The minimum atomic E-state index is -0.771. The first-order valence-corrected chi connectivity index (χ1v) is 10.6. The number of benzene rings is 2. The molecule has 1 heterocycles. The molecule has 1 atom stereocenters. The summed E-state index contributed by atoms with van der Waals surface area (Å²) in [7, 11) is 1.99. The number of carbonyl (C=O) groups is 2. The number of hydrogen-bond donors (Lipinski definition) is 2. The van der Waals surface area contributed by atoms with E-state index >= 15 is 0 Å². The van der Waals surface area contributed by atoms with Crippen LogP contribution in [0.25, 0.3) is 10.9 Å². The summed E-state index contributed by atoms with van der Waals surface area (Å²) in [4.78, 5) is 25.3. The van der Waals surface area contributed by atoms with Crippen molar-refractivity contribution in [2.45, 2.75) is 26.8 Å². The minimum absolute atomic E-state index is 0.152.